The Hall–Kier alpha value is -1.33. The first-order valence-corrected chi connectivity index (χ1v) is 14.1. The Kier molecular flexibility index (Phi) is 18.8. The molecule has 0 aromatic rings. The average molecular weight is 530 g/mol. The van der Waals surface area contributed by atoms with Gasteiger partial charge in [-0.2, -0.15) is 0 Å². The van der Waals surface area contributed by atoms with Crippen molar-refractivity contribution in [1.29, 1.82) is 0 Å². The third-order valence-corrected chi connectivity index (χ3v) is 6.50. The van der Waals surface area contributed by atoms with Crippen molar-refractivity contribution < 1.29 is 39.8 Å². The number of unbranched alkanes of at least 4 members (excludes halogenated alkanes) is 8. The van der Waals surface area contributed by atoms with E-state index < -0.39 is 49.5 Å². The predicted molar refractivity (Wildman–Crippen MR) is 143 cm³/mol. The Morgan fingerprint density at radius 2 is 1.54 bits per heavy atom. The Bertz CT molecular complexity index is 642. The van der Waals surface area contributed by atoms with Gasteiger partial charge < -0.3 is 40.3 Å². The van der Waals surface area contributed by atoms with Crippen LogP contribution >= 0.6 is 0 Å². The van der Waals surface area contributed by atoms with Gasteiger partial charge in [0.1, 0.15) is 24.4 Å². The molecule has 9 heteroatoms. The highest BCUT2D eigenvalue weighted by atomic mass is 16.7. The lowest BCUT2D eigenvalue weighted by Gasteiger charge is -2.40. The molecular formula is C28H51NO8. The number of hydrogen-bond donors (Lipinski definition) is 6. The molecular weight excluding hydrogens is 478 g/mol. The van der Waals surface area contributed by atoms with Crippen molar-refractivity contribution in [3.05, 3.63) is 24.3 Å². The molecule has 1 amide bonds. The number of aliphatic hydroxyl groups is 5. The lowest BCUT2D eigenvalue weighted by atomic mass is 9.99. The van der Waals surface area contributed by atoms with Gasteiger partial charge in [0, 0.05) is 6.42 Å². The number of nitrogens with one attached hydrogen (secondary N) is 1. The topological polar surface area (TPSA) is 149 Å². The smallest absolute Gasteiger partial charge is 0.220 e. The summed E-state index contributed by atoms with van der Waals surface area (Å²) in [7, 11) is 0. The van der Waals surface area contributed by atoms with Gasteiger partial charge in [0.15, 0.2) is 6.29 Å². The maximum atomic E-state index is 12.2. The van der Waals surface area contributed by atoms with Crippen LogP contribution < -0.4 is 5.32 Å². The quantitative estimate of drug-likeness (QED) is 0.104. The molecule has 216 valence electrons. The van der Waals surface area contributed by atoms with E-state index in [1.165, 1.54) is 44.9 Å². The Balaban J connectivity index is 2.47. The van der Waals surface area contributed by atoms with Crippen LogP contribution in [0.4, 0.5) is 0 Å². The van der Waals surface area contributed by atoms with Gasteiger partial charge in [-0.05, 0) is 32.1 Å². The van der Waals surface area contributed by atoms with E-state index in [1.54, 1.807) is 6.08 Å². The molecule has 0 aromatic carbocycles. The number of amides is 1. The van der Waals surface area contributed by atoms with Crippen molar-refractivity contribution in [3.8, 4) is 0 Å². The van der Waals surface area contributed by atoms with Gasteiger partial charge in [-0.1, -0.05) is 76.7 Å². The fraction of sp³-hybridized carbons (Fsp3) is 0.821. The molecule has 1 heterocycles. The SMILES string of the molecule is CCCCCCCCC/C=C/CC/C=C/C(O)C(COC1OC(CO)C(O)C(O)C1O)NC(=O)CCC. The van der Waals surface area contributed by atoms with Crippen molar-refractivity contribution in [2.75, 3.05) is 13.2 Å². The molecule has 1 rings (SSSR count). The number of ether oxygens (including phenoxy) is 2. The van der Waals surface area contributed by atoms with Crippen LogP contribution in [0, 0.1) is 0 Å². The minimum Gasteiger partial charge on any atom is -0.394 e. The summed E-state index contributed by atoms with van der Waals surface area (Å²) in [6.07, 6.45) is 12.4. The average Bonchev–Trinajstić information content (AvgIpc) is 2.88. The molecule has 9 nitrogen and oxygen atoms in total. The van der Waals surface area contributed by atoms with Gasteiger partial charge in [-0.15, -0.1) is 0 Å². The minimum atomic E-state index is -1.56. The molecule has 0 radical (unpaired) electrons. The van der Waals surface area contributed by atoms with Gasteiger partial charge in [0.2, 0.25) is 5.91 Å². The van der Waals surface area contributed by atoms with Crippen LogP contribution in [-0.4, -0.2) is 87.5 Å². The van der Waals surface area contributed by atoms with E-state index in [1.807, 2.05) is 13.0 Å². The minimum absolute atomic E-state index is 0.206. The number of rotatable bonds is 20. The van der Waals surface area contributed by atoms with Crippen molar-refractivity contribution in [2.24, 2.45) is 0 Å². The Labute approximate surface area is 222 Å². The zero-order valence-electron chi connectivity index (χ0n) is 22.7. The highest BCUT2D eigenvalue weighted by Gasteiger charge is 2.44. The van der Waals surface area contributed by atoms with Crippen LogP contribution in [0.15, 0.2) is 24.3 Å². The third kappa shape index (κ3) is 13.9. The lowest BCUT2D eigenvalue weighted by Crippen LogP contribution is -2.60. The molecule has 0 spiro atoms. The number of carbonyl (C=O) groups excluding carboxylic acids is 1. The first-order chi connectivity index (χ1) is 17.8. The number of allylic oxidation sites excluding steroid dienone is 3. The second-order valence-corrected chi connectivity index (χ2v) is 9.83. The molecule has 0 aliphatic carbocycles. The largest absolute Gasteiger partial charge is 0.394 e. The standard InChI is InChI=1S/C28H51NO8/c1-3-5-6-7-8-9-10-11-12-13-14-15-16-18-22(31)21(29-24(32)17-4-2)20-36-28-27(35)26(34)25(33)23(19-30)37-28/h12-13,16,18,21-23,25-28,30-31,33-35H,3-11,14-15,17,19-20H2,1-2H3,(H,29,32)/b13-12+,18-16+. The molecule has 0 bridgehead atoms. The Morgan fingerprint density at radius 1 is 0.892 bits per heavy atom. The van der Waals surface area contributed by atoms with Crippen LogP contribution in [-0.2, 0) is 14.3 Å². The summed E-state index contributed by atoms with van der Waals surface area (Å²) in [6, 6.07) is -0.810. The van der Waals surface area contributed by atoms with Crippen LogP contribution in [0.1, 0.15) is 90.9 Å². The van der Waals surface area contributed by atoms with Crippen molar-refractivity contribution in [3.63, 3.8) is 0 Å². The van der Waals surface area contributed by atoms with Crippen LogP contribution in [0.5, 0.6) is 0 Å². The molecule has 7 atom stereocenters. The van der Waals surface area contributed by atoms with Crippen molar-refractivity contribution >= 4 is 5.91 Å². The highest BCUT2D eigenvalue weighted by molar-refractivity contribution is 5.76. The Morgan fingerprint density at radius 3 is 2.22 bits per heavy atom. The zero-order valence-corrected chi connectivity index (χ0v) is 22.7. The van der Waals surface area contributed by atoms with E-state index in [9.17, 15) is 30.3 Å². The van der Waals surface area contributed by atoms with E-state index in [0.29, 0.717) is 6.42 Å². The molecule has 7 unspecified atom stereocenters. The molecule has 37 heavy (non-hydrogen) atoms. The summed E-state index contributed by atoms with van der Waals surface area (Å²) in [5.41, 5.74) is 0. The number of aliphatic hydroxyl groups excluding tert-OH is 5. The zero-order chi connectivity index (χ0) is 27.5. The van der Waals surface area contributed by atoms with Crippen LogP contribution in [0.3, 0.4) is 0 Å². The lowest BCUT2D eigenvalue weighted by molar-refractivity contribution is -0.302. The summed E-state index contributed by atoms with van der Waals surface area (Å²) in [5.74, 6) is -0.245. The summed E-state index contributed by atoms with van der Waals surface area (Å²) in [6.45, 7) is 3.33. The molecule has 1 fully saturated rings. The van der Waals surface area contributed by atoms with Crippen LogP contribution in [0.25, 0.3) is 0 Å². The van der Waals surface area contributed by atoms with Crippen LogP contribution in [0.2, 0.25) is 0 Å². The van der Waals surface area contributed by atoms with Gasteiger partial charge in [-0.25, -0.2) is 0 Å². The third-order valence-electron chi connectivity index (χ3n) is 6.50. The van der Waals surface area contributed by atoms with E-state index in [-0.39, 0.29) is 18.9 Å². The molecule has 0 aromatic heterocycles. The maximum Gasteiger partial charge on any atom is 0.220 e. The summed E-state index contributed by atoms with van der Waals surface area (Å²) in [4.78, 5) is 12.2. The van der Waals surface area contributed by atoms with Gasteiger partial charge in [0.05, 0.1) is 25.4 Å². The highest BCUT2D eigenvalue weighted by Crippen LogP contribution is 2.22. The summed E-state index contributed by atoms with van der Waals surface area (Å²) >= 11 is 0. The summed E-state index contributed by atoms with van der Waals surface area (Å²) in [5, 5.41) is 52.7. The van der Waals surface area contributed by atoms with E-state index >= 15 is 0 Å². The predicted octanol–water partition coefficient (Wildman–Crippen LogP) is 2.48. The second kappa shape index (κ2) is 20.6. The van der Waals surface area contributed by atoms with E-state index in [2.05, 4.69) is 24.4 Å². The molecule has 1 saturated heterocycles. The molecule has 0 saturated carbocycles. The molecule has 6 N–H and O–H groups in total. The van der Waals surface area contributed by atoms with Gasteiger partial charge in [0.25, 0.3) is 0 Å². The fourth-order valence-corrected chi connectivity index (χ4v) is 4.15. The van der Waals surface area contributed by atoms with E-state index in [0.717, 1.165) is 19.3 Å². The fourth-order valence-electron chi connectivity index (χ4n) is 4.15. The molecule has 1 aliphatic heterocycles. The maximum absolute atomic E-state index is 12.2. The normalized spacial score (nSPS) is 26.1. The van der Waals surface area contributed by atoms with Gasteiger partial charge >= 0.3 is 0 Å². The number of carbonyl (C=O) groups is 1. The molecule has 1 aliphatic rings. The van der Waals surface area contributed by atoms with Gasteiger partial charge in [-0.3, -0.25) is 4.79 Å². The summed E-state index contributed by atoms with van der Waals surface area (Å²) < 4.78 is 10.9. The number of hydrogen-bond acceptors (Lipinski definition) is 8. The first-order valence-electron chi connectivity index (χ1n) is 14.1. The van der Waals surface area contributed by atoms with Crippen molar-refractivity contribution in [1.82, 2.24) is 5.32 Å². The van der Waals surface area contributed by atoms with E-state index in [4.69, 9.17) is 9.47 Å². The first kappa shape index (κ1) is 33.7. The second-order valence-electron chi connectivity index (χ2n) is 9.83. The van der Waals surface area contributed by atoms with Crippen molar-refractivity contribution in [2.45, 2.75) is 134 Å². The monoisotopic (exact) mass is 529 g/mol.